The lowest BCUT2D eigenvalue weighted by Gasteiger charge is -2.14. The summed E-state index contributed by atoms with van der Waals surface area (Å²) < 4.78 is 6.20. The van der Waals surface area contributed by atoms with Crippen LogP contribution in [0.25, 0.3) is 10.2 Å². The third kappa shape index (κ3) is 3.07. The highest BCUT2D eigenvalue weighted by atomic mass is 32.1. The minimum Gasteiger partial charge on any atom is -0.497 e. The molecule has 0 aliphatic heterocycles. The average Bonchev–Trinajstić information content (AvgIpc) is 3.21. The number of nitrogens with one attached hydrogen (secondary N) is 1. The Hall–Kier alpha value is -3.06. The van der Waals surface area contributed by atoms with Gasteiger partial charge in [-0.15, -0.1) is 0 Å². The van der Waals surface area contributed by atoms with E-state index in [9.17, 15) is 9.59 Å². The Labute approximate surface area is 166 Å². The van der Waals surface area contributed by atoms with Crippen LogP contribution in [0.2, 0.25) is 0 Å². The molecular formula is C21H19N3O3S. The molecule has 1 N–H and O–H groups in total. The largest absolute Gasteiger partial charge is 0.497 e. The zero-order valence-electron chi connectivity index (χ0n) is 15.7. The Bertz CT molecular complexity index is 1080. The molecule has 1 aromatic heterocycles. The van der Waals surface area contributed by atoms with E-state index in [0.717, 1.165) is 16.0 Å². The zero-order chi connectivity index (χ0) is 19.8. The van der Waals surface area contributed by atoms with Crippen molar-refractivity contribution in [2.75, 3.05) is 12.5 Å². The lowest BCUT2D eigenvalue weighted by molar-refractivity contribution is 0.0881. The second-order valence-electron chi connectivity index (χ2n) is 6.86. The van der Waals surface area contributed by atoms with Crippen LogP contribution in [0.4, 0.5) is 5.13 Å². The Balaban J connectivity index is 1.65. The summed E-state index contributed by atoms with van der Waals surface area (Å²) in [5, 5.41) is 5.03. The summed E-state index contributed by atoms with van der Waals surface area (Å²) >= 11 is 1.43. The number of rotatable bonds is 5. The first-order chi connectivity index (χ1) is 13.5. The molecule has 0 atom stereocenters. The predicted octanol–water partition coefficient (Wildman–Crippen LogP) is 4.42. The van der Waals surface area contributed by atoms with Crippen LogP contribution < -0.4 is 10.2 Å². The molecule has 1 aliphatic rings. The van der Waals surface area contributed by atoms with Crippen LogP contribution in [-0.4, -0.2) is 29.4 Å². The van der Waals surface area contributed by atoms with E-state index < -0.39 is 5.92 Å². The molecule has 0 amide bonds. The summed E-state index contributed by atoms with van der Waals surface area (Å²) in [6, 6.07) is 12.6. The number of ketones is 2. The van der Waals surface area contributed by atoms with Crippen LogP contribution in [0.5, 0.6) is 5.75 Å². The van der Waals surface area contributed by atoms with E-state index in [1.807, 2.05) is 32.0 Å². The molecule has 6 nitrogen and oxygen atoms in total. The molecule has 142 valence electrons. The van der Waals surface area contributed by atoms with Crippen LogP contribution in [0, 0.1) is 11.8 Å². The lowest BCUT2D eigenvalue weighted by Crippen LogP contribution is -2.30. The Morgan fingerprint density at radius 3 is 2.43 bits per heavy atom. The lowest BCUT2D eigenvalue weighted by atomic mass is 9.90. The molecular weight excluding hydrogens is 374 g/mol. The van der Waals surface area contributed by atoms with Gasteiger partial charge in [-0.2, -0.15) is 5.10 Å². The van der Waals surface area contributed by atoms with Gasteiger partial charge in [-0.25, -0.2) is 4.98 Å². The first kappa shape index (κ1) is 18.3. The van der Waals surface area contributed by atoms with E-state index in [2.05, 4.69) is 15.5 Å². The fourth-order valence-electron chi connectivity index (χ4n) is 3.33. The van der Waals surface area contributed by atoms with Gasteiger partial charge >= 0.3 is 0 Å². The minimum absolute atomic E-state index is 0.0748. The number of hydrazone groups is 1. The van der Waals surface area contributed by atoms with E-state index in [1.54, 1.807) is 31.4 Å². The molecule has 0 spiro atoms. The van der Waals surface area contributed by atoms with Gasteiger partial charge in [0.25, 0.3) is 0 Å². The Kier molecular flexibility index (Phi) is 4.68. The van der Waals surface area contributed by atoms with Crippen molar-refractivity contribution in [1.82, 2.24) is 4.98 Å². The van der Waals surface area contributed by atoms with Crippen LogP contribution in [0.1, 0.15) is 34.6 Å². The third-order valence-electron chi connectivity index (χ3n) is 4.75. The average molecular weight is 393 g/mol. The van der Waals surface area contributed by atoms with Gasteiger partial charge < -0.3 is 4.74 Å². The highest BCUT2D eigenvalue weighted by molar-refractivity contribution is 7.22. The number of anilines is 1. The van der Waals surface area contributed by atoms with Crippen molar-refractivity contribution in [2.45, 2.75) is 13.8 Å². The number of carbonyl (C=O) groups excluding carboxylic acids is 2. The number of hydrogen-bond acceptors (Lipinski definition) is 7. The summed E-state index contributed by atoms with van der Waals surface area (Å²) in [7, 11) is 1.62. The Morgan fingerprint density at radius 1 is 1.14 bits per heavy atom. The molecule has 3 aromatic rings. The van der Waals surface area contributed by atoms with Gasteiger partial charge in [0.2, 0.25) is 5.13 Å². The quantitative estimate of drug-likeness (QED) is 0.394. The fraction of sp³-hybridized carbons (Fsp3) is 0.238. The standard InChI is InChI=1S/C21H19N3O3S/c1-11(2)18(17-19(25)13-6-4-5-7-14(13)20(17)26)23-24-21-22-15-9-8-12(27-3)10-16(15)28-21/h4-11,17H,1-3H3,(H,22,24). The molecule has 0 saturated carbocycles. The number of carbonyl (C=O) groups is 2. The number of nitrogens with zero attached hydrogens (tertiary/aromatic N) is 2. The molecule has 4 rings (SSSR count). The maximum Gasteiger partial charge on any atom is 0.204 e. The van der Waals surface area contributed by atoms with E-state index in [4.69, 9.17) is 4.74 Å². The molecule has 7 heteroatoms. The van der Waals surface area contributed by atoms with Crippen molar-refractivity contribution in [1.29, 1.82) is 0 Å². The summed E-state index contributed by atoms with van der Waals surface area (Å²) in [4.78, 5) is 30.1. The molecule has 28 heavy (non-hydrogen) atoms. The first-order valence-electron chi connectivity index (χ1n) is 8.95. The highest BCUT2D eigenvalue weighted by Crippen LogP contribution is 2.31. The van der Waals surface area contributed by atoms with E-state index >= 15 is 0 Å². The topological polar surface area (TPSA) is 80.7 Å². The van der Waals surface area contributed by atoms with Crippen molar-refractivity contribution < 1.29 is 14.3 Å². The van der Waals surface area contributed by atoms with E-state index in [0.29, 0.717) is 22.0 Å². The first-order valence-corrected chi connectivity index (χ1v) is 9.76. The molecule has 0 unspecified atom stereocenters. The van der Waals surface area contributed by atoms with Crippen LogP contribution in [0.3, 0.4) is 0 Å². The summed E-state index contributed by atoms with van der Waals surface area (Å²) in [6.07, 6.45) is 0. The molecule has 0 saturated heterocycles. The van der Waals surface area contributed by atoms with Crippen molar-refractivity contribution >= 4 is 44.0 Å². The van der Waals surface area contributed by atoms with Gasteiger partial charge in [0, 0.05) is 11.1 Å². The predicted molar refractivity (Wildman–Crippen MR) is 111 cm³/mol. The highest BCUT2D eigenvalue weighted by Gasteiger charge is 2.42. The van der Waals surface area contributed by atoms with Crippen LogP contribution >= 0.6 is 11.3 Å². The molecule has 1 heterocycles. The fourth-order valence-corrected chi connectivity index (χ4v) is 4.17. The van der Waals surface area contributed by atoms with Gasteiger partial charge in [-0.05, 0) is 24.1 Å². The van der Waals surface area contributed by atoms with Gasteiger partial charge in [0.15, 0.2) is 11.6 Å². The molecule has 2 aromatic carbocycles. The van der Waals surface area contributed by atoms with Gasteiger partial charge in [-0.1, -0.05) is 49.4 Å². The van der Waals surface area contributed by atoms with Gasteiger partial charge in [0.1, 0.15) is 11.7 Å². The number of fused-ring (bicyclic) bond motifs is 2. The number of Topliss-reactive ketones (excluding diaryl/α,β-unsaturated/α-hetero) is 2. The summed E-state index contributed by atoms with van der Waals surface area (Å²) in [5.41, 5.74) is 5.23. The minimum atomic E-state index is -0.876. The van der Waals surface area contributed by atoms with Crippen LogP contribution in [0.15, 0.2) is 47.6 Å². The molecule has 0 bridgehead atoms. The number of benzene rings is 2. The molecule has 0 fully saturated rings. The molecule has 1 aliphatic carbocycles. The summed E-state index contributed by atoms with van der Waals surface area (Å²) in [6.45, 7) is 3.85. The van der Waals surface area contributed by atoms with Gasteiger partial charge in [-0.3, -0.25) is 15.0 Å². The number of hydrogen-bond donors (Lipinski definition) is 1. The van der Waals surface area contributed by atoms with E-state index in [1.165, 1.54) is 11.3 Å². The summed E-state index contributed by atoms with van der Waals surface area (Å²) in [5.74, 6) is -0.574. The SMILES string of the molecule is COc1ccc2nc(NN=C(C(C)C)C3C(=O)c4ccccc4C3=O)sc2c1. The molecule has 0 radical (unpaired) electrons. The smallest absolute Gasteiger partial charge is 0.204 e. The van der Waals surface area contributed by atoms with E-state index in [-0.39, 0.29) is 17.5 Å². The maximum absolute atomic E-state index is 12.8. The van der Waals surface area contributed by atoms with Crippen molar-refractivity contribution in [3.05, 3.63) is 53.6 Å². The number of ether oxygens (including phenoxy) is 1. The number of thiazole rings is 1. The van der Waals surface area contributed by atoms with Gasteiger partial charge in [0.05, 0.1) is 23.0 Å². The van der Waals surface area contributed by atoms with Crippen molar-refractivity contribution in [3.63, 3.8) is 0 Å². The number of aromatic nitrogens is 1. The monoisotopic (exact) mass is 393 g/mol. The van der Waals surface area contributed by atoms with Crippen molar-refractivity contribution in [2.24, 2.45) is 16.9 Å². The zero-order valence-corrected chi connectivity index (χ0v) is 16.5. The second-order valence-corrected chi connectivity index (χ2v) is 7.89. The Morgan fingerprint density at radius 2 is 1.82 bits per heavy atom. The van der Waals surface area contributed by atoms with Crippen LogP contribution in [-0.2, 0) is 0 Å². The third-order valence-corrected chi connectivity index (χ3v) is 5.67. The maximum atomic E-state index is 12.8. The van der Waals surface area contributed by atoms with Crippen molar-refractivity contribution in [3.8, 4) is 5.75 Å². The second kappa shape index (κ2) is 7.16. The normalized spacial score (nSPS) is 14.8. The number of methoxy groups -OCH3 is 1.